The maximum Gasteiger partial charge on any atom is 0.153 e. The van der Waals surface area contributed by atoms with Gasteiger partial charge in [-0.1, -0.05) is 18.2 Å². The zero-order chi connectivity index (χ0) is 13.9. The molecule has 0 amide bonds. The van der Waals surface area contributed by atoms with Crippen LogP contribution in [0.5, 0.6) is 0 Å². The Morgan fingerprint density at radius 3 is 2.60 bits per heavy atom. The molecular weight excluding hydrogens is 255 g/mol. The fraction of sp³-hybridized carbons (Fsp3) is 0.0667. The van der Waals surface area contributed by atoms with Crippen molar-refractivity contribution in [3.05, 3.63) is 66.2 Å². The number of pyridine rings is 1. The number of aromatic nitrogens is 3. The van der Waals surface area contributed by atoms with Gasteiger partial charge in [0.1, 0.15) is 5.82 Å². The van der Waals surface area contributed by atoms with Crippen molar-refractivity contribution in [2.45, 2.75) is 6.54 Å². The molecule has 0 saturated heterocycles. The second kappa shape index (κ2) is 5.22. The van der Waals surface area contributed by atoms with Gasteiger partial charge in [0.2, 0.25) is 0 Å². The lowest BCUT2D eigenvalue weighted by atomic mass is 10.1. The van der Waals surface area contributed by atoms with Crippen LogP contribution in [0.1, 0.15) is 5.69 Å². The lowest BCUT2D eigenvalue weighted by molar-refractivity contribution is 0.629. The van der Waals surface area contributed by atoms with Gasteiger partial charge in [-0.25, -0.2) is 14.1 Å². The molecule has 1 aromatic carbocycles. The molecule has 0 aliphatic carbocycles. The summed E-state index contributed by atoms with van der Waals surface area (Å²) in [6.07, 6.45) is 1.67. The summed E-state index contributed by atoms with van der Waals surface area (Å²) >= 11 is 0. The number of hydrogen-bond donors (Lipinski definition) is 1. The van der Waals surface area contributed by atoms with E-state index in [1.54, 1.807) is 35.1 Å². The Bertz CT molecular complexity index is 722. The van der Waals surface area contributed by atoms with Gasteiger partial charge in [0.15, 0.2) is 5.82 Å². The van der Waals surface area contributed by atoms with Gasteiger partial charge in [0, 0.05) is 18.3 Å². The van der Waals surface area contributed by atoms with Gasteiger partial charge >= 0.3 is 0 Å². The van der Waals surface area contributed by atoms with Gasteiger partial charge in [-0.05, 0) is 30.3 Å². The minimum absolute atomic E-state index is 0.293. The Kier molecular flexibility index (Phi) is 3.26. The second-order valence-electron chi connectivity index (χ2n) is 4.30. The predicted molar refractivity (Wildman–Crippen MR) is 74.6 cm³/mol. The summed E-state index contributed by atoms with van der Waals surface area (Å²) in [5.41, 5.74) is 7.44. The van der Waals surface area contributed by atoms with Gasteiger partial charge in [-0.2, -0.15) is 5.10 Å². The van der Waals surface area contributed by atoms with E-state index >= 15 is 0 Å². The van der Waals surface area contributed by atoms with E-state index in [0.717, 1.165) is 0 Å². The second-order valence-corrected chi connectivity index (χ2v) is 4.30. The summed E-state index contributed by atoms with van der Waals surface area (Å²) in [5.74, 6) is 0.332. The smallest absolute Gasteiger partial charge is 0.153 e. The largest absolute Gasteiger partial charge is 0.325 e. The summed E-state index contributed by atoms with van der Waals surface area (Å²) in [7, 11) is 0. The maximum atomic E-state index is 14.0. The van der Waals surface area contributed by atoms with E-state index in [-0.39, 0.29) is 5.82 Å². The molecule has 4 nitrogen and oxygen atoms in total. The van der Waals surface area contributed by atoms with Crippen LogP contribution >= 0.6 is 0 Å². The molecule has 2 N–H and O–H groups in total. The minimum Gasteiger partial charge on any atom is -0.325 e. The third-order valence-corrected chi connectivity index (χ3v) is 2.99. The van der Waals surface area contributed by atoms with E-state index in [1.165, 1.54) is 6.07 Å². The molecule has 0 fully saturated rings. The van der Waals surface area contributed by atoms with Crippen molar-refractivity contribution in [3.63, 3.8) is 0 Å². The van der Waals surface area contributed by atoms with E-state index in [0.29, 0.717) is 29.3 Å². The fourth-order valence-corrected chi connectivity index (χ4v) is 2.04. The van der Waals surface area contributed by atoms with E-state index in [1.807, 2.05) is 18.2 Å². The van der Waals surface area contributed by atoms with Crippen molar-refractivity contribution < 1.29 is 4.39 Å². The van der Waals surface area contributed by atoms with Gasteiger partial charge in [-0.3, -0.25) is 0 Å². The van der Waals surface area contributed by atoms with Crippen LogP contribution in [0.3, 0.4) is 0 Å². The summed E-state index contributed by atoms with van der Waals surface area (Å²) in [6, 6.07) is 13.9. The summed E-state index contributed by atoms with van der Waals surface area (Å²) < 4.78 is 15.6. The van der Waals surface area contributed by atoms with Gasteiger partial charge in [-0.15, -0.1) is 0 Å². The van der Waals surface area contributed by atoms with Gasteiger partial charge in [0.05, 0.1) is 11.4 Å². The zero-order valence-electron chi connectivity index (χ0n) is 10.7. The van der Waals surface area contributed by atoms with E-state index in [2.05, 4.69) is 10.1 Å². The van der Waals surface area contributed by atoms with Crippen LogP contribution in [-0.2, 0) is 6.54 Å². The SMILES string of the molecule is NCc1cc(-c2ccccc2F)n(-c2ccccn2)n1. The summed E-state index contributed by atoms with van der Waals surface area (Å²) in [4.78, 5) is 4.25. The molecule has 0 aliphatic heterocycles. The molecule has 0 bridgehead atoms. The average Bonchev–Trinajstić information content (AvgIpc) is 2.93. The Morgan fingerprint density at radius 1 is 1.10 bits per heavy atom. The van der Waals surface area contributed by atoms with E-state index in [9.17, 15) is 4.39 Å². The van der Waals surface area contributed by atoms with Crippen LogP contribution < -0.4 is 5.73 Å². The minimum atomic E-state index is -0.298. The molecule has 3 aromatic rings. The van der Waals surface area contributed by atoms with Crippen molar-refractivity contribution in [1.82, 2.24) is 14.8 Å². The molecule has 0 unspecified atom stereocenters. The van der Waals surface area contributed by atoms with Crippen molar-refractivity contribution >= 4 is 0 Å². The standard InChI is InChI=1S/C15H13FN4/c16-13-6-2-1-5-12(13)14-9-11(10-17)19-20(14)15-7-3-4-8-18-15/h1-9H,10,17H2. The highest BCUT2D eigenvalue weighted by atomic mass is 19.1. The molecule has 2 aromatic heterocycles. The molecule has 100 valence electrons. The Hall–Kier alpha value is -2.53. The number of nitrogens with two attached hydrogens (primary N) is 1. The lowest BCUT2D eigenvalue weighted by Gasteiger charge is -2.07. The number of nitrogens with zero attached hydrogens (tertiary/aromatic N) is 3. The Morgan fingerprint density at radius 2 is 1.90 bits per heavy atom. The van der Waals surface area contributed by atoms with E-state index in [4.69, 9.17) is 5.73 Å². The first kappa shape index (κ1) is 12.5. The summed E-state index contributed by atoms with van der Waals surface area (Å²) in [5, 5.41) is 4.38. The first-order valence-electron chi connectivity index (χ1n) is 6.25. The molecule has 0 radical (unpaired) electrons. The first-order chi connectivity index (χ1) is 9.79. The fourth-order valence-electron chi connectivity index (χ4n) is 2.04. The monoisotopic (exact) mass is 268 g/mol. The molecule has 0 atom stereocenters. The lowest BCUT2D eigenvalue weighted by Crippen LogP contribution is -2.03. The molecule has 3 rings (SSSR count). The first-order valence-corrected chi connectivity index (χ1v) is 6.25. The van der Waals surface area contributed by atoms with Gasteiger partial charge in [0.25, 0.3) is 0 Å². The highest BCUT2D eigenvalue weighted by molar-refractivity contribution is 5.62. The number of hydrogen-bond acceptors (Lipinski definition) is 3. The zero-order valence-corrected chi connectivity index (χ0v) is 10.7. The number of benzene rings is 1. The molecular formula is C15H13FN4. The topological polar surface area (TPSA) is 56.7 Å². The molecule has 0 aliphatic rings. The van der Waals surface area contributed by atoms with Crippen LogP contribution in [0.4, 0.5) is 4.39 Å². The van der Waals surface area contributed by atoms with E-state index < -0.39 is 0 Å². The maximum absolute atomic E-state index is 14.0. The third-order valence-electron chi connectivity index (χ3n) is 2.99. The highest BCUT2D eigenvalue weighted by Crippen LogP contribution is 2.25. The summed E-state index contributed by atoms with van der Waals surface area (Å²) in [6.45, 7) is 0.293. The number of rotatable bonds is 3. The highest BCUT2D eigenvalue weighted by Gasteiger charge is 2.14. The molecule has 0 saturated carbocycles. The van der Waals surface area contributed by atoms with Crippen molar-refractivity contribution in [2.24, 2.45) is 5.73 Å². The van der Waals surface area contributed by atoms with Gasteiger partial charge < -0.3 is 5.73 Å². The van der Waals surface area contributed by atoms with Crippen LogP contribution in [-0.4, -0.2) is 14.8 Å². The van der Waals surface area contributed by atoms with Crippen LogP contribution in [0.2, 0.25) is 0 Å². The normalized spacial score (nSPS) is 10.7. The van der Waals surface area contributed by atoms with Crippen LogP contribution in [0.25, 0.3) is 17.1 Å². The van der Waals surface area contributed by atoms with Crippen LogP contribution in [0.15, 0.2) is 54.7 Å². The number of halogens is 1. The molecule has 2 heterocycles. The van der Waals surface area contributed by atoms with Crippen molar-refractivity contribution in [1.29, 1.82) is 0 Å². The van der Waals surface area contributed by atoms with Crippen LogP contribution in [0, 0.1) is 5.82 Å². The van der Waals surface area contributed by atoms with Crippen molar-refractivity contribution in [2.75, 3.05) is 0 Å². The molecule has 20 heavy (non-hydrogen) atoms. The Labute approximate surface area is 115 Å². The Balaban J connectivity index is 2.21. The van der Waals surface area contributed by atoms with Crippen molar-refractivity contribution in [3.8, 4) is 17.1 Å². The third kappa shape index (κ3) is 2.19. The molecule has 0 spiro atoms. The predicted octanol–water partition coefficient (Wildman–Crippen LogP) is 2.53. The average molecular weight is 268 g/mol. The molecule has 5 heteroatoms. The quantitative estimate of drug-likeness (QED) is 0.794.